The van der Waals surface area contributed by atoms with Crippen LogP contribution in [0.15, 0.2) is 0 Å². The molecule has 1 amide bonds. The van der Waals surface area contributed by atoms with E-state index >= 15 is 0 Å². The Kier molecular flexibility index (Phi) is 3.72. The minimum Gasteiger partial charge on any atom is -0.391 e. The maximum absolute atomic E-state index is 11.5. The molecule has 0 aromatic carbocycles. The van der Waals surface area contributed by atoms with Crippen molar-refractivity contribution in [3.8, 4) is 0 Å². The second-order valence-electron chi connectivity index (χ2n) is 4.21. The van der Waals surface area contributed by atoms with Gasteiger partial charge in [0.25, 0.3) is 0 Å². The van der Waals surface area contributed by atoms with Gasteiger partial charge in [0, 0.05) is 19.5 Å². The zero-order valence-electron chi connectivity index (χ0n) is 8.49. The van der Waals surface area contributed by atoms with E-state index in [4.69, 9.17) is 0 Å². The molecule has 1 heterocycles. The van der Waals surface area contributed by atoms with Crippen LogP contribution in [0.5, 0.6) is 0 Å². The molecule has 0 spiro atoms. The van der Waals surface area contributed by atoms with E-state index in [9.17, 15) is 9.90 Å². The van der Waals surface area contributed by atoms with Crippen LogP contribution < -0.4 is 0 Å². The Hall–Kier alpha value is -0.570. The maximum atomic E-state index is 11.5. The summed E-state index contributed by atoms with van der Waals surface area (Å²) in [5.41, 5.74) is 0. The van der Waals surface area contributed by atoms with Gasteiger partial charge < -0.3 is 10.0 Å². The third-order valence-electron chi connectivity index (χ3n) is 2.45. The molecule has 1 rings (SSSR count). The summed E-state index contributed by atoms with van der Waals surface area (Å²) in [5, 5.41) is 9.23. The van der Waals surface area contributed by atoms with E-state index in [1.54, 1.807) is 4.90 Å². The highest BCUT2D eigenvalue weighted by Crippen LogP contribution is 2.12. The number of hydrogen-bond donors (Lipinski definition) is 1. The molecule has 0 aromatic heterocycles. The van der Waals surface area contributed by atoms with E-state index in [-0.39, 0.29) is 12.0 Å². The summed E-state index contributed by atoms with van der Waals surface area (Å²) < 4.78 is 0. The Morgan fingerprint density at radius 2 is 2.31 bits per heavy atom. The number of rotatable bonds is 3. The summed E-state index contributed by atoms with van der Waals surface area (Å²) in [6, 6.07) is 0. The molecule has 76 valence electrons. The maximum Gasteiger partial charge on any atom is 0.222 e. The third-order valence-corrected chi connectivity index (χ3v) is 2.45. The average molecular weight is 185 g/mol. The highest BCUT2D eigenvalue weighted by molar-refractivity contribution is 5.76. The topological polar surface area (TPSA) is 40.5 Å². The Bertz CT molecular complexity index is 180. The van der Waals surface area contributed by atoms with E-state index in [0.29, 0.717) is 18.9 Å². The van der Waals surface area contributed by atoms with Crippen molar-refractivity contribution in [3.63, 3.8) is 0 Å². The van der Waals surface area contributed by atoms with Gasteiger partial charge in [0.1, 0.15) is 0 Å². The van der Waals surface area contributed by atoms with Crippen molar-refractivity contribution in [2.45, 2.75) is 39.2 Å². The zero-order valence-corrected chi connectivity index (χ0v) is 8.49. The second kappa shape index (κ2) is 4.61. The van der Waals surface area contributed by atoms with E-state index in [0.717, 1.165) is 19.4 Å². The van der Waals surface area contributed by atoms with Gasteiger partial charge in [-0.25, -0.2) is 0 Å². The number of carbonyl (C=O) groups excluding carboxylic acids is 1. The monoisotopic (exact) mass is 185 g/mol. The average Bonchev–Trinajstić information content (AvgIpc) is 2.47. The minimum absolute atomic E-state index is 0.199. The van der Waals surface area contributed by atoms with Crippen LogP contribution in [0, 0.1) is 5.92 Å². The van der Waals surface area contributed by atoms with Crippen molar-refractivity contribution in [1.29, 1.82) is 0 Å². The quantitative estimate of drug-likeness (QED) is 0.713. The number of likely N-dealkylation sites (tertiary alicyclic amines) is 1. The van der Waals surface area contributed by atoms with Crippen molar-refractivity contribution < 1.29 is 9.90 Å². The Labute approximate surface area is 79.7 Å². The van der Waals surface area contributed by atoms with E-state index in [2.05, 4.69) is 13.8 Å². The molecule has 3 nitrogen and oxygen atoms in total. The third kappa shape index (κ3) is 3.35. The molecule has 0 aliphatic carbocycles. The predicted octanol–water partition coefficient (Wildman–Crippen LogP) is 1.02. The minimum atomic E-state index is -0.289. The van der Waals surface area contributed by atoms with Crippen molar-refractivity contribution in [2.24, 2.45) is 5.92 Å². The molecule has 0 bridgehead atoms. The molecule has 13 heavy (non-hydrogen) atoms. The summed E-state index contributed by atoms with van der Waals surface area (Å²) in [5.74, 6) is 0.779. The van der Waals surface area contributed by atoms with Crippen LogP contribution in [0.2, 0.25) is 0 Å². The Morgan fingerprint density at radius 1 is 1.62 bits per heavy atom. The van der Waals surface area contributed by atoms with Gasteiger partial charge in [0.05, 0.1) is 6.10 Å². The zero-order chi connectivity index (χ0) is 9.84. The van der Waals surface area contributed by atoms with Crippen LogP contribution in [0.1, 0.15) is 33.1 Å². The summed E-state index contributed by atoms with van der Waals surface area (Å²) in [4.78, 5) is 13.3. The molecule has 1 fully saturated rings. The molecule has 0 radical (unpaired) electrons. The first-order chi connectivity index (χ1) is 6.09. The number of hydrogen-bond acceptors (Lipinski definition) is 2. The normalized spacial score (nSPS) is 22.8. The molecule has 0 aromatic rings. The number of carbonyl (C=O) groups is 1. The number of aliphatic hydroxyl groups excluding tert-OH is 1. The first kappa shape index (κ1) is 10.5. The first-order valence-electron chi connectivity index (χ1n) is 5.05. The van der Waals surface area contributed by atoms with Gasteiger partial charge in [-0.05, 0) is 18.8 Å². The van der Waals surface area contributed by atoms with Crippen LogP contribution >= 0.6 is 0 Å². The van der Waals surface area contributed by atoms with Crippen molar-refractivity contribution in [2.75, 3.05) is 13.1 Å². The van der Waals surface area contributed by atoms with Crippen LogP contribution in [-0.2, 0) is 4.79 Å². The van der Waals surface area contributed by atoms with Gasteiger partial charge in [0.15, 0.2) is 0 Å². The number of aliphatic hydroxyl groups is 1. The van der Waals surface area contributed by atoms with Gasteiger partial charge in [-0.1, -0.05) is 13.8 Å². The molecule has 3 heteroatoms. The number of nitrogens with zero attached hydrogens (tertiary/aromatic N) is 1. The fraction of sp³-hybridized carbons (Fsp3) is 0.900. The van der Waals surface area contributed by atoms with Gasteiger partial charge in [-0.3, -0.25) is 4.79 Å². The van der Waals surface area contributed by atoms with Crippen molar-refractivity contribution in [3.05, 3.63) is 0 Å². The molecule has 1 saturated heterocycles. The molecule has 1 aliphatic rings. The van der Waals surface area contributed by atoms with E-state index in [1.165, 1.54) is 0 Å². The molecule has 1 aliphatic heterocycles. The molecular formula is C10H19NO2. The molecular weight excluding hydrogens is 166 g/mol. The fourth-order valence-corrected chi connectivity index (χ4v) is 1.54. The fourth-order valence-electron chi connectivity index (χ4n) is 1.54. The highest BCUT2D eigenvalue weighted by Gasteiger charge is 2.23. The van der Waals surface area contributed by atoms with Gasteiger partial charge in [-0.2, -0.15) is 0 Å². The summed E-state index contributed by atoms with van der Waals surface area (Å²) in [7, 11) is 0. The van der Waals surface area contributed by atoms with Gasteiger partial charge in [0.2, 0.25) is 5.91 Å². The largest absolute Gasteiger partial charge is 0.391 e. The smallest absolute Gasteiger partial charge is 0.222 e. The van der Waals surface area contributed by atoms with Crippen LogP contribution in [0.3, 0.4) is 0 Å². The van der Waals surface area contributed by atoms with Crippen molar-refractivity contribution >= 4 is 5.91 Å². The molecule has 1 atom stereocenters. The van der Waals surface area contributed by atoms with E-state index < -0.39 is 0 Å². The van der Waals surface area contributed by atoms with Crippen molar-refractivity contribution in [1.82, 2.24) is 4.90 Å². The summed E-state index contributed by atoms with van der Waals surface area (Å²) >= 11 is 0. The lowest BCUT2D eigenvalue weighted by Gasteiger charge is -2.15. The van der Waals surface area contributed by atoms with Crippen LogP contribution in [0.25, 0.3) is 0 Å². The lowest BCUT2D eigenvalue weighted by molar-refractivity contribution is -0.130. The summed E-state index contributed by atoms with van der Waals surface area (Å²) in [6.45, 7) is 5.51. The van der Waals surface area contributed by atoms with Gasteiger partial charge >= 0.3 is 0 Å². The summed E-state index contributed by atoms with van der Waals surface area (Å²) in [6.07, 6.45) is 2.03. The van der Waals surface area contributed by atoms with E-state index in [1.807, 2.05) is 0 Å². The number of amides is 1. The lowest BCUT2D eigenvalue weighted by Crippen LogP contribution is -2.29. The second-order valence-corrected chi connectivity index (χ2v) is 4.21. The Balaban J connectivity index is 2.24. The van der Waals surface area contributed by atoms with Gasteiger partial charge in [-0.15, -0.1) is 0 Å². The van der Waals surface area contributed by atoms with Crippen LogP contribution in [-0.4, -0.2) is 35.1 Å². The Morgan fingerprint density at radius 3 is 2.77 bits per heavy atom. The number of β-amino-alcohol motifs (C(OH)–C–C–N with tert-alkyl or cyclic N) is 1. The SMILES string of the molecule is CC(C)CCC(=O)N1CC[C@H](O)C1. The molecule has 1 N–H and O–H groups in total. The highest BCUT2D eigenvalue weighted by atomic mass is 16.3. The standard InChI is InChI=1S/C10H19NO2/c1-8(2)3-4-10(13)11-6-5-9(12)7-11/h8-9,12H,3-7H2,1-2H3/t9-/m0/s1. The first-order valence-corrected chi connectivity index (χ1v) is 5.05. The predicted molar refractivity (Wildman–Crippen MR) is 51.3 cm³/mol. The lowest BCUT2D eigenvalue weighted by atomic mass is 10.1. The van der Waals surface area contributed by atoms with Crippen LogP contribution in [0.4, 0.5) is 0 Å². The molecule has 0 unspecified atom stereocenters. The molecule has 0 saturated carbocycles.